The number of ether oxygens (including phenoxy) is 2. The number of halogens is 2. The van der Waals surface area contributed by atoms with E-state index in [4.69, 9.17) is 14.5 Å². The van der Waals surface area contributed by atoms with E-state index in [2.05, 4.69) is 43.9 Å². The zero-order chi connectivity index (χ0) is 23.4. The van der Waals surface area contributed by atoms with Crippen molar-refractivity contribution < 1.29 is 9.47 Å². The van der Waals surface area contributed by atoms with Crippen LogP contribution in [0.2, 0.25) is 0 Å². The second kappa shape index (κ2) is 10.6. The van der Waals surface area contributed by atoms with Crippen LogP contribution in [0.25, 0.3) is 10.9 Å². The van der Waals surface area contributed by atoms with E-state index in [0.717, 1.165) is 20.9 Å². The largest absolute Gasteiger partial charge is 0.490 e. The fraction of sp³-hybridized carbons (Fsp3) is 0.375. The number of benzene rings is 2. The lowest BCUT2D eigenvalue weighted by Gasteiger charge is -2.16. The highest BCUT2D eigenvalue weighted by molar-refractivity contribution is 9.10. The SMILES string of the molecule is CCOc1cc(C=Nn2c([C@H](C)CC)nc3ccc(Br)cc3c2=O)c(Br)cc1OC(C)C. The van der Waals surface area contributed by atoms with E-state index in [1.54, 1.807) is 12.3 Å². The first-order valence-corrected chi connectivity index (χ1v) is 12.2. The highest BCUT2D eigenvalue weighted by Crippen LogP contribution is 2.34. The van der Waals surface area contributed by atoms with Crippen molar-refractivity contribution >= 4 is 49.0 Å². The molecule has 0 fully saturated rings. The molecule has 1 atom stereocenters. The Hall–Kier alpha value is -2.19. The molecule has 0 aliphatic rings. The number of hydrogen-bond acceptors (Lipinski definition) is 5. The van der Waals surface area contributed by atoms with Crippen LogP contribution in [0.5, 0.6) is 11.5 Å². The molecule has 0 radical (unpaired) electrons. The Kier molecular flexibility index (Phi) is 8.11. The summed E-state index contributed by atoms with van der Waals surface area (Å²) in [5.41, 5.74) is 1.22. The molecule has 170 valence electrons. The lowest BCUT2D eigenvalue weighted by atomic mass is 10.1. The average Bonchev–Trinajstić information content (AvgIpc) is 2.75. The molecule has 0 amide bonds. The van der Waals surface area contributed by atoms with Crippen molar-refractivity contribution in [3.8, 4) is 11.5 Å². The minimum Gasteiger partial charge on any atom is -0.490 e. The molecule has 0 spiro atoms. The summed E-state index contributed by atoms with van der Waals surface area (Å²) in [5, 5.41) is 5.06. The van der Waals surface area contributed by atoms with Crippen LogP contribution in [0.1, 0.15) is 58.3 Å². The Morgan fingerprint density at radius 1 is 1.12 bits per heavy atom. The standard InChI is InChI=1S/C24H27Br2N3O3/c1-6-15(5)23-28-20-9-8-17(25)11-18(20)24(30)29(23)27-13-16-10-21(31-7-2)22(12-19(16)26)32-14(3)4/h8-15H,6-7H2,1-5H3/t15-/m1/s1. The van der Waals surface area contributed by atoms with Crippen molar-refractivity contribution in [2.75, 3.05) is 6.61 Å². The Bertz CT molecular complexity index is 1210. The smallest absolute Gasteiger partial charge is 0.282 e. The second-order valence-corrected chi connectivity index (χ2v) is 9.49. The molecule has 0 aliphatic heterocycles. The minimum absolute atomic E-state index is 0.0142. The molecular weight excluding hydrogens is 538 g/mol. The molecule has 0 aliphatic carbocycles. The van der Waals surface area contributed by atoms with Crippen molar-refractivity contribution in [3.05, 3.63) is 61.0 Å². The Balaban J connectivity index is 2.14. The highest BCUT2D eigenvalue weighted by atomic mass is 79.9. The maximum absolute atomic E-state index is 13.3. The van der Waals surface area contributed by atoms with Crippen LogP contribution < -0.4 is 15.0 Å². The molecule has 3 rings (SSSR count). The summed E-state index contributed by atoms with van der Waals surface area (Å²) >= 11 is 7.03. The summed E-state index contributed by atoms with van der Waals surface area (Å²) in [5.74, 6) is 1.98. The summed E-state index contributed by atoms with van der Waals surface area (Å²) in [4.78, 5) is 18.1. The van der Waals surface area contributed by atoms with Crippen molar-refractivity contribution in [1.29, 1.82) is 0 Å². The number of nitrogens with zero attached hydrogens (tertiary/aromatic N) is 3. The van der Waals surface area contributed by atoms with Gasteiger partial charge in [-0.2, -0.15) is 9.78 Å². The van der Waals surface area contributed by atoms with E-state index in [0.29, 0.717) is 34.8 Å². The number of fused-ring (bicyclic) bond motifs is 1. The predicted octanol–water partition coefficient (Wildman–Crippen LogP) is 6.50. The van der Waals surface area contributed by atoms with Gasteiger partial charge in [-0.1, -0.05) is 29.8 Å². The molecule has 32 heavy (non-hydrogen) atoms. The normalized spacial score (nSPS) is 12.6. The van der Waals surface area contributed by atoms with Crippen molar-refractivity contribution in [3.63, 3.8) is 0 Å². The van der Waals surface area contributed by atoms with E-state index in [-0.39, 0.29) is 17.6 Å². The maximum Gasteiger partial charge on any atom is 0.282 e. The molecule has 0 unspecified atom stereocenters. The zero-order valence-corrected chi connectivity index (χ0v) is 22.0. The van der Waals surface area contributed by atoms with E-state index >= 15 is 0 Å². The molecule has 2 aromatic carbocycles. The quantitative estimate of drug-likeness (QED) is 0.293. The number of rotatable bonds is 8. The van der Waals surface area contributed by atoms with Gasteiger partial charge in [-0.3, -0.25) is 4.79 Å². The molecular formula is C24H27Br2N3O3. The van der Waals surface area contributed by atoms with Crippen LogP contribution in [0.4, 0.5) is 0 Å². The molecule has 1 aromatic heterocycles. The summed E-state index contributed by atoms with van der Waals surface area (Å²) in [6.45, 7) is 10.5. The first kappa shape index (κ1) is 24.5. The van der Waals surface area contributed by atoms with Crippen LogP contribution in [-0.4, -0.2) is 28.6 Å². The van der Waals surface area contributed by atoms with E-state index in [1.165, 1.54) is 4.68 Å². The molecule has 6 nitrogen and oxygen atoms in total. The number of aromatic nitrogens is 2. The van der Waals surface area contributed by atoms with Gasteiger partial charge in [0.1, 0.15) is 5.82 Å². The predicted molar refractivity (Wildman–Crippen MR) is 136 cm³/mol. The van der Waals surface area contributed by atoms with Gasteiger partial charge in [-0.15, -0.1) is 0 Å². The second-order valence-electron chi connectivity index (χ2n) is 7.72. The fourth-order valence-corrected chi connectivity index (χ4v) is 3.95. The lowest BCUT2D eigenvalue weighted by molar-refractivity contribution is 0.223. The van der Waals surface area contributed by atoms with Gasteiger partial charge in [-0.05, 0) is 73.5 Å². The van der Waals surface area contributed by atoms with Gasteiger partial charge in [0.05, 0.1) is 29.8 Å². The molecule has 0 bridgehead atoms. The molecule has 3 aromatic rings. The van der Waals surface area contributed by atoms with Gasteiger partial charge < -0.3 is 9.47 Å². The van der Waals surface area contributed by atoms with Crippen LogP contribution in [-0.2, 0) is 0 Å². The monoisotopic (exact) mass is 563 g/mol. The van der Waals surface area contributed by atoms with Gasteiger partial charge >= 0.3 is 0 Å². The summed E-state index contributed by atoms with van der Waals surface area (Å²) < 4.78 is 14.6. The van der Waals surface area contributed by atoms with Crippen molar-refractivity contribution in [2.24, 2.45) is 5.10 Å². The Labute approximate surface area is 204 Å². The average molecular weight is 565 g/mol. The molecule has 1 heterocycles. The molecule has 8 heteroatoms. The van der Waals surface area contributed by atoms with E-state index < -0.39 is 0 Å². The minimum atomic E-state index is -0.205. The van der Waals surface area contributed by atoms with Gasteiger partial charge in [0.15, 0.2) is 11.5 Å². The van der Waals surface area contributed by atoms with E-state index in [1.807, 2.05) is 52.0 Å². The third-order valence-electron chi connectivity index (χ3n) is 4.92. The summed E-state index contributed by atoms with van der Waals surface area (Å²) in [6, 6.07) is 9.22. The number of hydrogen-bond donors (Lipinski definition) is 0. The van der Waals surface area contributed by atoms with Crippen LogP contribution in [0.3, 0.4) is 0 Å². The summed E-state index contributed by atoms with van der Waals surface area (Å²) in [6.07, 6.45) is 2.49. The fourth-order valence-electron chi connectivity index (χ4n) is 3.16. The molecule has 0 saturated heterocycles. The van der Waals surface area contributed by atoms with Gasteiger partial charge in [0, 0.05) is 20.4 Å². The molecule has 0 N–H and O–H groups in total. The van der Waals surface area contributed by atoms with Crippen molar-refractivity contribution in [1.82, 2.24) is 9.66 Å². The highest BCUT2D eigenvalue weighted by Gasteiger charge is 2.16. The van der Waals surface area contributed by atoms with Crippen LogP contribution >= 0.6 is 31.9 Å². The van der Waals surface area contributed by atoms with Gasteiger partial charge in [0.25, 0.3) is 5.56 Å². The lowest BCUT2D eigenvalue weighted by Crippen LogP contribution is -2.23. The summed E-state index contributed by atoms with van der Waals surface area (Å²) in [7, 11) is 0. The zero-order valence-electron chi connectivity index (χ0n) is 18.9. The molecule has 0 saturated carbocycles. The first-order valence-electron chi connectivity index (χ1n) is 10.6. The van der Waals surface area contributed by atoms with Crippen LogP contribution in [0, 0.1) is 0 Å². The van der Waals surface area contributed by atoms with Crippen LogP contribution in [0.15, 0.2) is 49.2 Å². The third-order valence-corrected chi connectivity index (χ3v) is 6.10. The van der Waals surface area contributed by atoms with Crippen molar-refractivity contribution in [2.45, 2.75) is 53.1 Å². The third kappa shape index (κ3) is 5.41. The Morgan fingerprint density at radius 3 is 2.53 bits per heavy atom. The maximum atomic E-state index is 13.3. The van der Waals surface area contributed by atoms with E-state index in [9.17, 15) is 4.79 Å². The topological polar surface area (TPSA) is 65.7 Å². The first-order chi connectivity index (χ1) is 15.2. The van der Waals surface area contributed by atoms with Gasteiger partial charge in [-0.25, -0.2) is 4.98 Å². The Morgan fingerprint density at radius 2 is 1.88 bits per heavy atom. The van der Waals surface area contributed by atoms with Gasteiger partial charge in [0.2, 0.25) is 0 Å².